The van der Waals surface area contributed by atoms with Gasteiger partial charge in [0.2, 0.25) is 0 Å². The molecule has 0 aliphatic heterocycles. The molecular weight excluding hydrogens is 142 g/mol. The van der Waals surface area contributed by atoms with Crippen LogP contribution in [0.3, 0.4) is 0 Å². The van der Waals surface area contributed by atoms with Gasteiger partial charge in [0.15, 0.2) is 0 Å². The van der Waals surface area contributed by atoms with Gasteiger partial charge in [0.25, 0.3) is 0 Å². The molecule has 0 aliphatic carbocycles. The van der Waals surface area contributed by atoms with Crippen LogP contribution in [0.15, 0.2) is 12.2 Å². The molecule has 0 spiro atoms. The van der Waals surface area contributed by atoms with E-state index >= 15 is 0 Å². The van der Waals surface area contributed by atoms with Crippen molar-refractivity contribution in [1.82, 2.24) is 5.32 Å². The molecule has 0 aromatic heterocycles. The summed E-state index contributed by atoms with van der Waals surface area (Å²) in [4.78, 5) is 10.2. The molecule has 64 valence electrons. The Kier molecular flexibility index (Phi) is 5.47. The number of nitrogens with one attached hydrogen (secondary N) is 1. The van der Waals surface area contributed by atoms with E-state index in [0.29, 0.717) is 12.0 Å². The van der Waals surface area contributed by atoms with Crippen molar-refractivity contribution in [2.45, 2.75) is 19.8 Å². The molecule has 3 nitrogen and oxygen atoms in total. The Labute approximate surface area is 67.1 Å². The normalized spacial score (nSPS) is 9.55. The maximum Gasteiger partial charge on any atom is 0.330 e. The smallest absolute Gasteiger partial charge is 0.330 e. The first kappa shape index (κ1) is 10.2. The fraction of sp³-hybridized carbons (Fsp3) is 0.625. The standard InChI is InChI=1S/C8H15NO2/c1-3-9-6-4-5-7(2)8(10)11/h9H,2-6H2,1H3,(H,10,11). The zero-order valence-corrected chi connectivity index (χ0v) is 6.89. The molecular formula is C8H15NO2. The average molecular weight is 157 g/mol. The summed E-state index contributed by atoms with van der Waals surface area (Å²) < 4.78 is 0. The van der Waals surface area contributed by atoms with Gasteiger partial charge in [0.1, 0.15) is 0 Å². The van der Waals surface area contributed by atoms with E-state index in [0.717, 1.165) is 19.5 Å². The quantitative estimate of drug-likeness (QED) is 0.447. The zero-order chi connectivity index (χ0) is 8.69. The van der Waals surface area contributed by atoms with Crippen molar-refractivity contribution in [3.8, 4) is 0 Å². The summed E-state index contributed by atoms with van der Waals surface area (Å²) in [5, 5.41) is 11.5. The van der Waals surface area contributed by atoms with Crippen LogP contribution in [0.5, 0.6) is 0 Å². The van der Waals surface area contributed by atoms with Crippen molar-refractivity contribution < 1.29 is 9.90 Å². The molecule has 0 aromatic rings. The maximum atomic E-state index is 10.2. The van der Waals surface area contributed by atoms with Crippen molar-refractivity contribution in [3.63, 3.8) is 0 Å². The first-order valence-electron chi connectivity index (χ1n) is 3.80. The lowest BCUT2D eigenvalue weighted by Crippen LogP contribution is -2.14. The predicted octanol–water partition coefficient (Wildman–Crippen LogP) is 1.02. The molecule has 2 N–H and O–H groups in total. The minimum Gasteiger partial charge on any atom is -0.478 e. The minimum absolute atomic E-state index is 0.294. The van der Waals surface area contributed by atoms with E-state index in [9.17, 15) is 4.79 Å². The van der Waals surface area contributed by atoms with E-state index in [1.807, 2.05) is 6.92 Å². The second kappa shape index (κ2) is 5.92. The van der Waals surface area contributed by atoms with Crippen molar-refractivity contribution in [3.05, 3.63) is 12.2 Å². The van der Waals surface area contributed by atoms with E-state index in [1.54, 1.807) is 0 Å². The molecule has 0 bridgehead atoms. The van der Waals surface area contributed by atoms with Gasteiger partial charge >= 0.3 is 5.97 Å². The minimum atomic E-state index is -0.888. The summed E-state index contributed by atoms with van der Waals surface area (Å²) in [6.07, 6.45) is 1.42. The largest absolute Gasteiger partial charge is 0.478 e. The van der Waals surface area contributed by atoms with E-state index in [2.05, 4.69) is 11.9 Å². The van der Waals surface area contributed by atoms with Gasteiger partial charge in [0, 0.05) is 5.57 Å². The Bertz CT molecular complexity index is 143. The second-order valence-electron chi connectivity index (χ2n) is 2.37. The van der Waals surface area contributed by atoms with E-state index < -0.39 is 5.97 Å². The van der Waals surface area contributed by atoms with Crippen LogP contribution in [0, 0.1) is 0 Å². The zero-order valence-electron chi connectivity index (χ0n) is 6.89. The van der Waals surface area contributed by atoms with Crippen LogP contribution in [0.2, 0.25) is 0 Å². The highest BCUT2D eigenvalue weighted by atomic mass is 16.4. The molecule has 0 aromatic carbocycles. The highest BCUT2D eigenvalue weighted by Gasteiger charge is 2.01. The molecule has 11 heavy (non-hydrogen) atoms. The van der Waals surface area contributed by atoms with E-state index in [1.165, 1.54) is 0 Å². The van der Waals surface area contributed by atoms with Crippen molar-refractivity contribution in [1.29, 1.82) is 0 Å². The average Bonchev–Trinajstić information content (AvgIpc) is 1.97. The molecule has 0 heterocycles. The van der Waals surface area contributed by atoms with Crippen LogP contribution >= 0.6 is 0 Å². The third-order valence-corrected chi connectivity index (χ3v) is 1.38. The molecule has 0 atom stereocenters. The van der Waals surface area contributed by atoms with Crippen LogP contribution in [0.4, 0.5) is 0 Å². The Morgan fingerprint density at radius 3 is 2.73 bits per heavy atom. The van der Waals surface area contributed by atoms with E-state index in [4.69, 9.17) is 5.11 Å². The van der Waals surface area contributed by atoms with Crippen LogP contribution < -0.4 is 5.32 Å². The van der Waals surface area contributed by atoms with Gasteiger partial charge < -0.3 is 10.4 Å². The van der Waals surface area contributed by atoms with Gasteiger partial charge in [0.05, 0.1) is 0 Å². The fourth-order valence-corrected chi connectivity index (χ4v) is 0.710. The summed E-state index contributed by atoms with van der Waals surface area (Å²) in [5.41, 5.74) is 0.294. The Morgan fingerprint density at radius 2 is 2.27 bits per heavy atom. The highest BCUT2D eigenvalue weighted by Crippen LogP contribution is 2.00. The van der Waals surface area contributed by atoms with Crippen LogP contribution in [-0.4, -0.2) is 24.2 Å². The molecule has 0 rings (SSSR count). The van der Waals surface area contributed by atoms with Gasteiger partial charge in [-0.05, 0) is 25.9 Å². The highest BCUT2D eigenvalue weighted by molar-refractivity contribution is 5.85. The summed E-state index contributed by atoms with van der Waals surface area (Å²) in [6.45, 7) is 7.24. The lowest BCUT2D eigenvalue weighted by atomic mass is 10.2. The molecule has 0 radical (unpaired) electrons. The first-order valence-corrected chi connectivity index (χ1v) is 3.80. The van der Waals surface area contributed by atoms with Crippen molar-refractivity contribution in [2.24, 2.45) is 0 Å². The molecule has 0 amide bonds. The van der Waals surface area contributed by atoms with Gasteiger partial charge in [-0.25, -0.2) is 4.79 Å². The van der Waals surface area contributed by atoms with Crippen molar-refractivity contribution >= 4 is 5.97 Å². The fourth-order valence-electron chi connectivity index (χ4n) is 0.710. The molecule has 0 unspecified atom stereocenters. The number of carboxylic acids is 1. The lowest BCUT2D eigenvalue weighted by Gasteiger charge is -2.00. The summed E-state index contributed by atoms with van der Waals surface area (Å²) in [7, 11) is 0. The van der Waals surface area contributed by atoms with Gasteiger partial charge in [-0.15, -0.1) is 0 Å². The number of hydrogen-bond donors (Lipinski definition) is 2. The Morgan fingerprint density at radius 1 is 1.64 bits per heavy atom. The van der Waals surface area contributed by atoms with Crippen LogP contribution in [-0.2, 0) is 4.79 Å². The second-order valence-corrected chi connectivity index (χ2v) is 2.37. The summed E-state index contributed by atoms with van der Waals surface area (Å²) in [5.74, 6) is -0.888. The molecule has 0 saturated heterocycles. The Hall–Kier alpha value is -0.830. The van der Waals surface area contributed by atoms with E-state index in [-0.39, 0.29) is 0 Å². The lowest BCUT2D eigenvalue weighted by molar-refractivity contribution is -0.132. The molecule has 3 heteroatoms. The SMILES string of the molecule is C=C(CCCNCC)C(=O)O. The topological polar surface area (TPSA) is 49.3 Å². The monoisotopic (exact) mass is 157 g/mol. The number of carbonyl (C=O) groups is 1. The van der Waals surface area contributed by atoms with Gasteiger partial charge in [-0.1, -0.05) is 13.5 Å². The number of hydrogen-bond acceptors (Lipinski definition) is 2. The van der Waals surface area contributed by atoms with Gasteiger partial charge in [-0.3, -0.25) is 0 Å². The maximum absolute atomic E-state index is 10.2. The number of aliphatic carboxylic acids is 1. The first-order chi connectivity index (χ1) is 5.18. The van der Waals surface area contributed by atoms with Crippen LogP contribution in [0.25, 0.3) is 0 Å². The predicted molar refractivity (Wildman–Crippen MR) is 44.6 cm³/mol. The number of rotatable bonds is 6. The summed E-state index contributed by atoms with van der Waals surface area (Å²) >= 11 is 0. The third kappa shape index (κ3) is 5.61. The third-order valence-electron chi connectivity index (χ3n) is 1.38. The van der Waals surface area contributed by atoms with Crippen LogP contribution in [0.1, 0.15) is 19.8 Å². The molecule has 0 saturated carbocycles. The molecule has 0 aliphatic rings. The molecule has 0 fully saturated rings. The summed E-state index contributed by atoms with van der Waals surface area (Å²) in [6, 6.07) is 0. The Balaban J connectivity index is 3.25. The van der Waals surface area contributed by atoms with Crippen molar-refractivity contribution in [2.75, 3.05) is 13.1 Å². The number of carboxylic acid groups (broad SMARTS) is 1. The van der Waals surface area contributed by atoms with Gasteiger partial charge in [-0.2, -0.15) is 0 Å².